The van der Waals surface area contributed by atoms with Crippen LogP contribution in [0.5, 0.6) is 5.75 Å². The number of piperidine rings is 1. The third-order valence-electron chi connectivity index (χ3n) is 3.97. The molecule has 1 aliphatic rings. The summed E-state index contributed by atoms with van der Waals surface area (Å²) in [5.74, 6) is 0.769. The standard InChI is InChI=1S/C17H24N2O4/c1-12-4-6-14(7-5-12)23-15-8-10-19(11-9-15)16(20)13(2)18-17(21)22-3/h4-7,13,15H,8-11H2,1-3H3,(H,18,21)/t13-/m0/s1. The number of carbonyl (C=O) groups is 2. The summed E-state index contributed by atoms with van der Waals surface area (Å²) in [6.45, 7) is 4.96. The van der Waals surface area contributed by atoms with E-state index in [4.69, 9.17) is 4.74 Å². The SMILES string of the molecule is COC(=O)N[C@@H](C)C(=O)N1CCC(Oc2ccc(C)cc2)CC1. The van der Waals surface area contributed by atoms with E-state index in [1.54, 1.807) is 11.8 Å². The fourth-order valence-electron chi connectivity index (χ4n) is 2.57. The minimum absolute atomic E-state index is 0.0933. The first-order valence-corrected chi connectivity index (χ1v) is 7.86. The van der Waals surface area contributed by atoms with Crippen LogP contribution in [0.3, 0.4) is 0 Å². The van der Waals surface area contributed by atoms with E-state index in [9.17, 15) is 9.59 Å². The molecule has 0 aromatic heterocycles. The molecule has 1 aromatic carbocycles. The fourth-order valence-corrected chi connectivity index (χ4v) is 2.57. The number of alkyl carbamates (subject to hydrolysis) is 1. The van der Waals surface area contributed by atoms with E-state index in [1.807, 2.05) is 31.2 Å². The van der Waals surface area contributed by atoms with Crippen LogP contribution in [0.2, 0.25) is 0 Å². The van der Waals surface area contributed by atoms with E-state index < -0.39 is 12.1 Å². The van der Waals surface area contributed by atoms with Gasteiger partial charge in [0.25, 0.3) is 0 Å². The van der Waals surface area contributed by atoms with Gasteiger partial charge in [-0.1, -0.05) is 17.7 Å². The molecule has 6 nitrogen and oxygen atoms in total. The summed E-state index contributed by atoms with van der Waals surface area (Å²) in [5, 5.41) is 2.50. The monoisotopic (exact) mass is 320 g/mol. The lowest BCUT2D eigenvalue weighted by atomic mass is 10.1. The maximum atomic E-state index is 12.3. The van der Waals surface area contributed by atoms with Crippen molar-refractivity contribution in [3.63, 3.8) is 0 Å². The Bertz CT molecular complexity index is 536. The first-order chi connectivity index (χ1) is 11.0. The molecule has 0 saturated carbocycles. The van der Waals surface area contributed by atoms with Gasteiger partial charge in [0, 0.05) is 25.9 Å². The van der Waals surface area contributed by atoms with Gasteiger partial charge in [-0.05, 0) is 26.0 Å². The van der Waals surface area contributed by atoms with Crippen LogP contribution in [0, 0.1) is 6.92 Å². The molecule has 0 aliphatic carbocycles. The number of ether oxygens (including phenoxy) is 2. The van der Waals surface area contributed by atoms with Crippen LogP contribution in [0.1, 0.15) is 25.3 Å². The smallest absolute Gasteiger partial charge is 0.407 e. The molecule has 6 heteroatoms. The van der Waals surface area contributed by atoms with Crippen molar-refractivity contribution in [3.05, 3.63) is 29.8 Å². The zero-order chi connectivity index (χ0) is 16.8. The number of hydrogen-bond acceptors (Lipinski definition) is 4. The number of carbonyl (C=O) groups excluding carboxylic acids is 2. The molecule has 2 rings (SSSR count). The Labute approximate surface area is 136 Å². The van der Waals surface area contributed by atoms with Crippen molar-refractivity contribution in [2.75, 3.05) is 20.2 Å². The summed E-state index contributed by atoms with van der Waals surface area (Å²) in [5.41, 5.74) is 1.20. The Morgan fingerprint density at radius 1 is 1.22 bits per heavy atom. The molecule has 1 atom stereocenters. The van der Waals surface area contributed by atoms with Crippen LogP contribution < -0.4 is 10.1 Å². The van der Waals surface area contributed by atoms with Gasteiger partial charge >= 0.3 is 6.09 Å². The van der Waals surface area contributed by atoms with E-state index in [-0.39, 0.29) is 12.0 Å². The number of amides is 2. The summed E-state index contributed by atoms with van der Waals surface area (Å²) in [6.07, 6.45) is 1.09. The highest BCUT2D eigenvalue weighted by atomic mass is 16.5. The molecule has 126 valence electrons. The molecule has 23 heavy (non-hydrogen) atoms. The van der Waals surface area contributed by atoms with Crippen molar-refractivity contribution < 1.29 is 19.1 Å². The van der Waals surface area contributed by atoms with Crippen LogP contribution in [0.4, 0.5) is 4.79 Å². The van der Waals surface area contributed by atoms with E-state index >= 15 is 0 Å². The van der Waals surface area contributed by atoms with E-state index in [1.165, 1.54) is 12.7 Å². The minimum Gasteiger partial charge on any atom is -0.490 e. The molecule has 0 bridgehead atoms. The quantitative estimate of drug-likeness (QED) is 0.922. The zero-order valence-electron chi connectivity index (χ0n) is 13.9. The third-order valence-corrected chi connectivity index (χ3v) is 3.97. The van der Waals surface area contributed by atoms with Crippen LogP contribution in [0.15, 0.2) is 24.3 Å². The number of nitrogens with one attached hydrogen (secondary N) is 1. The number of nitrogens with zero attached hydrogens (tertiary/aromatic N) is 1. The number of likely N-dealkylation sites (tertiary alicyclic amines) is 1. The lowest BCUT2D eigenvalue weighted by Crippen LogP contribution is -2.50. The maximum absolute atomic E-state index is 12.3. The largest absolute Gasteiger partial charge is 0.490 e. The molecule has 0 spiro atoms. The predicted octanol–water partition coefficient (Wildman–Crippen LogP) is 2.11. The Hall–Kier alpha value is -2.24. The topological polar surface area (TPSA) is 67.9 Å². The molecular formula is C17H24N2O4. The van der Waals surface area contributed by atoms with Gasteiger partial charge in [-0.3, -0.25) is 4.79 Å². The highest BCUT2D eigenvalue weighted by Gasteiger charge is 2.27. The van der Waals surface area contributed by atoms with E-state index in [0.29, 0.717) is 13.1 Å². The highest BCUT2D eigenvalue weighted by Crippen LogP contribution is 2.19. The maximum Gasteiger partial charge on any atom is 0.407 e. The van der Waals surface area contributed by atoms with Crippen molar-refractivity contribution >= 4 is 12.0 Å². The molecular weight excluding hydrogens is 296 g/mol. The highest BCUT2D eigenvalue weighted by molar-refractivity contribution is 5.85. The van der Waals surface area contributed by atoms with E-state index in [0.717, 1.165) is 18.6 Å². The number of rotatable bonds is 4. The Balaban J connectivity index is 1.80. The second kappa shape index (κ2) is 7.85. The minimum atomic E-state index is -0.594. The number of hydrogen-bond donors (Lipinski definition) is 1. The number of aryl methyl sites for hydroxylation is 1. The van der Waals surface area contributed by atoms with Crippen molar-refractivity contribution in [2.45, 2.75) is 38.8 Å². The Morgan fingerprint density at radius 3 is 2.39 bits per heavy atom. The van der Waals surface area contributed by atoms with Crippen molar-refractivity contribution in [1.29, 1.82) is 0 Å². The zero-order valence-corrected chi connectivity index (χ0v) is 13.9. The fraction of sp³-hybridized carbons (Fsp3) is 0.529. The summed E-state index contributed by atoms with van der Waals surface area (Å²) >= 11 is 0. The summed E-state index contributed by atoms with van der Waals surface area (Å²) in [6, 6.07) is 7.39. The second-order valence-corrected chi connectivity index (χ2v) is 5.81. The third kappa shape index (κ3) is 4.87. The van der Waals surface area contributed by atoms with Gasteiger partial charge in [0.1, 0.15) is 17.9 Å². The van der Waals surface area contributed by atoms with Crippen molar-refractivity contribution in [3.8, 4) is 5.75 Å². The van der Waals surface area contributed by atoms with E-state index in [2.05, 4.69) is 10.1 Å². The summed E-state index contributed by atoms with van der Waals surface area (Å²) in [4.78, 5) is 25.2. The van der Waals surface area contributed by atoms with Gasteiger partial charge in [0.05, 0.1) is 7.11 Å². The van der Waals surface area contributed by atoms with Crippen LogP contribution in [-0.4, -0.2) is 49.2 Å². The van der Waals surface area contributed by atoms with Crippen molar-refractivity contribution in [2.24, 2.45) is 0 Å². The molecule has 0 radical (unpaired) electrons. The van der Waals surface area contributed by atoms with Crippen LogP contribution >= 0.6 is 0 Å². The molecule has 2 amide bonds. The molecule has 1 aromatic rings. The number of methoxy groups -OCH3 is 1. The van der Waals surface area contributed by atoms with Crippen LogP contribution in [0.25, 0.3) is 0 Å². The van der Waals surface area contributed by atoms with Gasteiger partial charge < -0.3 is 19.7 Å². The summed E-state index contributed by atoms with van der Waals surface area (Å²) < 4.78 is 10.5. The Kier molecular flexibility index (Phi) is 5.84. The number of benzene rings is 1. The van der Waals surface area contributed by atoms with Gasteiger partial charge in [-0.25, -0.2) is 4.79 Å². The summed E-state index contributed by atoms with van der Waals surface area (Å²) in [7, 11) is 1.28. The van der Waals surface area contributed by atoms with Crippen LogP contribution in [-0.2, 0) is 9.53 Å². The molecule has 0 unspecified atom stereocenters. The molecule has 1 aliphatic heterocycles. The van der Waals surface area contributed by atoms with Gasteiger partial charge in [0.2, 0.25) is 5.91 Å². The van der Waals surface area contributed by atoms with Crippen molar-refractivity contribution in [1.82, 2.24) is 10.2 Å². The molecule has 1 saturated heterocycles. The molecule has 1 N–H and O–H groups in total. The Morgan fingerprint density at radius 2 is 1.83 bits per heavy atom. The normalized spacial score (nSPS) is 16.6. The molecule has 1 heterocycles. The predicted molar refractivity (Wildman–Crippen MR) is 86.4 cm³/mol. The van der Waals surface area contributed by atoms with Gasteiger partial charge in [-0.2, -0.15) is 0 Å². The lowest BCUT2D eigenvalue weighted by Gasteiger charge is -2.33. The first kappa shape index (κ1) is 17.1. The average molecular weight is 320 g/mol. The second-order valence-electron chi connectivity index (χ2n) is 5.81. The van der Waals surface area contributed by atoms with Gasteiger partial charge in [-0.15, -0.1) is 0 Å². The first-order valence-electron chi connectivity index (χ1n) is 7.86. The van der Waals surface area contributed by atoms with Gasteiger partial charge in [0.15, 0.2) is 0 Å². The average Bonchev–Trinajstić information content (AvgIpc) is 2.56. The molecule has 1 fully saturated rings. The lowest BCUT2D eigenvalue weighted by molar-refractivity contribution is -0.134.